The largest absolute Gasteiger partial charge is 0.495 e. The van der Waals surface area contributed by atoms with Crippen LogP contribution in [0.3, 0.4) is 0 Å². The molecule has 0 bridgehead atoms. The monoisotopic (exact) mass is 1870 g/mol. The van der Waals surface area contributed by atoms with Gasteiger partial charge in [-0.25, -0.2) is 0 Å². The van der Waals surface area contributed by atoms with Crippen molar-refractivity contribution in [1.82, 2.24) is 0 Å². The standard InChI is InChI=1S/C38H30BNO3.C32H18ClNO.C25H14BrClO.C12H24B2O4.C7H6BNO2/c1-36(2)37(3,4)43-39(42-36)32-17-10-15-30-34(32)27-11-5-6-13-28(27)38(30)29-14-7-8-18-33(29)41-35-26(12-9-16-31(35)38)25-21-19-24(23-40)20-22-25;33-28-13-6-11-26-30(28)23-7-1-2-9-24(23)32(26)25-10-3-4-14-29(25)35-31-22(8-5-12-27(31)32)21-17-15-20(19-34)16-18-21;26-20-12-5-11-19-24(20)28-22-14-4-3-9-17(22)25(19)16-8-2-1-7-15(16)23-18(25)10-6-13-21(23)27;1-9(2)10(3,4)16-13(15-9)14-17-11(5,6)12(7,8)18-14;9-5-6-1-3-7(4-2-6)8(10)11/h5-22H,1-4H3;1-18H;1-14H;1-8H3;1-4,10-11H. The molecule has 0 aromatic heterocycles. The second kappa shape index (κ2) is 33.9. The van der Waals surface area contributed by atoms with E-state index in [1.165, 1.54) is 68.8 Å². The maximum Gasteiger partial charge on any atom is 0.495 e. The molecular formula is C114H92B4BrCl2N3O11. The number of benzene rings is 15. The van der Waals surface area contributed by atoms with Crippen molar-refractivity contribution in [3.05, 3.63) is 426 Å². The lowest BCUT2D eigenvalue weighted by molar-refractivity contribution is 0.00578. The number of hydrogen-bond acceptors (Lipinski definition) is 14. The highest BCUT2D eigenvalue weighted by molar-refractivity contribution is 9.10. The Morgan fingerprint density at radius 2 is 0.556 bits per heavy atom. The molecule has 6 aliphatic heterocycles. The van der Waals surface area contributed by atoms with Gasteiger partial charge in [-0.2, -0.15) is 15.8 Å². The molecule has 3 unspecified atom stereocenters. The Labute approximate surface area is 807 Å². The first-order chi connectivity index (χ1) is 64.8. The SMILES string of the molecule is CC1(C)OB(B2OC(C)(C)C(C)(C)O2)OC1(C)C.CC1(C)OB(c2cccc3c2-c2ccccc2C32c3ccccc3Oc3c(-c4ccc(C#N)cc4)cccc32)OC1(C)C.Clc1cccc2c1-c1ccccc1C21c2ccccc2Oc2c(Br)cccc21.N#Cc1ccc(-c2cccc3c2Oc2ccccc2C32c3ccccc3-c3c(Cl)cccc32)cc1.N#Cc1ccc(B(O)O)cc1. The van der Waals surface area contributed by atoms with Crippen molar-refractivity contribution in [1.29, 1.82) is 15.8 Å². The smallest absolute Gasteiger partial charge is 0.456 e. The van der Waals surface area contributed by atoms with Crippen LogP contribution in [0.15, 0.2) is 332 Å². The molecule has 135 heavy (non-hydrogen) atoms. The Morgan fingerprint density at radius 3 is 0.926 bits per heavy atom. The van der Waals surface area contributed by atoms with Gasteiger partial charge in [0.1, 0.15) is 34.5 Å². The third-order valence-corrected chi connectivity index (χ3v) is 30.4. The molecule has 0 saturated carbocycles. The van der Waals surface area contributed by atoms with Gasteiger partial charge in [0.2, 0.25) is 0 Å². The molecule has 0 amide bonds. The highest BCUT2D eigenvalue weighted by atomic mass is 79.9. The van der Waals surface area contributed by atoms with Gasteiger partial charge in [-0.15, -0.1) is 0 Å². The van der Waals surface area contributed by atoms with Crippen molar-refractivity contribution in [3.8, 4) is 108 Å². The lowest BCUT2D eigenvalue weighted by Gasteiger charge is -2.40. The second-order valence-electron chi connectivity index (χ2n) is 38.1. The molecular weight excluding hydrogens is 1780 g/mol. The van der Waals surface area contributed by atoms with Gasteiger partial charge in [-0.1, -0.05) is 278 Å². The Hall–Kier alpha value is -12.8. The fourth-order valence-corrected chi connectivity index (χ4v) is 21.6. The first-order valence-electron chi connectivity index (χ1n) is 45.2. The molecule has 0 radical (unpaired) electrons. The third-order valence-electron chi connectivity index (χ3n) is 29.1. The zero-order valence-corrected chi connectivity index (χ0v) is 79.6. The van der Waals surface area contributed by atoms with Gasteiger partial charge in [-0.05, 0) is 249 Å². The highest BCUT2D eigenvalue weighted by Gasteiger charge is 2.65. The quantitative estimate of drug-likeness (QED) is 0.154. The molecule has 662 valence electrons. The maximum atomic E-state index is 9.39. The average Bonchev–Trinajstić information content (AvgIpc) is 1.55. The van der Waals surface area contributed by atoms with Crippen LogP contribution in [-0.4, -0.2) is 71.9 Å². The minimum atomic E-state index is -1.46. The molecule has 3 saturated heterocycles. The van der Waals surface area contributed by atoms with Crippen molar-refractivity contribution < 1.29 is 52.2 Å². The fraction of sp³-hybridized carbons (Fsp3) is 0.184. The molecule has 3 atom stereocenters. The van der Waals surface area contributed by atoms with E-state index in [2.05, 4.69) is 250 Å². The number of nitriles is 3. The van der Waals surface area contributed by atoms with Gasteiger partial charge in [-0.3, -0.25) is 0 Å². The fourth-order valence-electron chi connectivity index (χ4n) is 20.6. The van der Waals surface area contributed by atoms with E-state index in [1.54, 1.807) is 0 Å². The van der Waals surface area contributed by atoms with Crippen LogP contribution in [0.2, 0.25) is 10.0 Å². The van der Waals surface area contributed by atoms with Crippen LogP contribution in [0.4, 0.5) is 0 Å². The Morgan fingerprint density at radius 1 is 0.281 bits per heavy atom. The Kier molecular flexibility index (Phi) is 22.6. The molecule has 2 N–H and O–H groups in total. The van der Waals surface area contributed by atoms with Crippen LogP contribution >= 0.6 is 39.1 Å². The average molecular weight is 1870 g/mol. The highest BCUT2D eigenvalue weighted by Crippen LogP contribution is 2.68. The van der Waals surface area contributed by atoms with E-state index < -0.39 is 55.7 Å². The number of fused-ring (bicyclic) bond motifs is 27. The number of nitrogens with zero attached hydrogens (tertiary/aromatic N) is 3. The first kappa shape index (κ1) is 90.0. The summed E-state index contributed by atoms with van der Waals surface area (Å²) in [6, 6.07) is 117. The van der Waals surface area contributed by atoms with E-state index in [-0.39, 0.29) is 22.4 Å². The van der Waals surface area contributed by atoms with Crippen molar-refractivity contribution >= 4 is 78.3 Å². The van der Waals surface area contributed by atoms with E-state index in [0.717, 1.165) is 132 Å². The van der Waals surface area contributed by atoms with Crippen LogP contribution in [0.5, 0.6) is 34.5 Å². The van der Waals surface area contributed by atoms with E-state index in [9.17, 15) is 10.5 Å². The zero-order chi connectivity index (χ0) is 94.3. The molecule has 24 rings (SSSR count). The van der Waals surface area contributed by atoms with E-state index >= 15 is 0 Å². The van der Waals surface area contributed by atoms with Gasteiger partial charge >= 0.3 is 28.3 Å². The van der Waals surface area contributed by atoms with Gasteiger partial charge in [0.05, 0.1) is 89.2 Å². The Bertz CT molecular complexity index is 7350. The summed E-state index contributed by atoms with van der Waals surface area (Å²) < 4.78 is 57.9. The molecule has 6 heterocycles. The Balaban J connectivity index is 0.000000111. The minimum absolute atomic E-state index is 0.360. The van der Waals surface area contributed by atoms with E-state index in [0.29, 0.717) is 22.2 Å². The molecule has 15 aromatic carbocycles. The number of rotatable bonds is 5. The summed E-state index contributed by atoms with van der Waals surface area (Å²) in [6.07, 6.45) is 0. The van der Waals surface area contributed by atoms with Crippen LogP contribution in [0.1, 0.15) is 167 Å². The van der Waals surface area contributed by atoms with E-state index in [1.807, 2.05) is 171 Å². The summed E-state index contributed by atoms with van der Waals surface area (Å²) in [5.41, 5.74) is 24.0. The number of halogens is 3. The van der Waals surface area contributed by atoms with Crippen LogP contribution < -0.4 is 25.1 Å². The summed E-state index contributed by atoms with van der Waals surface area (Å²) in [5.74, 6) is 5.07. The zero-order valence-electron chi connectivity index (χ0n) is 76.5. The molecule has 9 aliphatic rings. The van der Waals surface area contributed by atoms with Crippen LogP contribution in [0.25, 0.3) is 55.6 Å². The van der Waals surface area contributed by atoms with Crippen molar-refractivity contribution in [2.75, 3.05) is 0 Å². The molecule has 3 aliphatic carbocycles. The first-order valence-corrected chi connectivity index (χ1v) is 46.7. The summed E-state index contributed by atoms with van der Waals surface area (Å²) in [5, 5.41) is 45.9. The molecule has 21 heteroatoms. The predicted molar refractivity (Wildman–Crippen MR) is 538 cm³/mol. The number of para-hydroxylation sites is 6. The molecule has 3 spiro atoms. The summed E-state index contributed by atoms with van der Waals surface area (Å²) >= 11 is 17.3. The molecule has 15 aromatic rings. The van der Waals surface area contributed by atoms with Gasteiger partial charge in [0.15, 0.2) is 0 Å². The maximum absolute atomic E-state index is 9.39. The predicted octanol–water partition coefficient (Wildman–Crippen LogP) is 25.4. The molecule has 14 nitrogen and oxygen atoms in total. The normalized spacial score (nSPS) is 19.4. The third kappa shape index (κ3) is 14.4. The number of hydrogen-bond donors (Lipinski definition) is 2. The summed E-state index contributed by atoms with van der Waals surface area (Å²) in [7, 11) is -2.91. The lowest BCUT2D eigenvalue weighted by atomic mass is 9.49. The van der Waals surface area contributed by atoms with Crippen LogP contribution in [0, 0.1) is 34.0 Å². The summed E-state index contributed by atoms with van der Waals surface area (Å²) in [4.78, 5) is 0. The van der Waals surface area contributed by atoms with E-state index in [4.69, 9.17) is 80.6 Å². The van der Waals surface area contributed by atoms with Crippen molar-refractivity contribution in [2.45, 2.75) is 133 Å². The minimum Gasteiger partial charge on any atom is -0.456 e. The topological polar surface area (TPSA) is 195 Å². The molecule has 3 fully saturated rings. The van der Waals surface area contributed by atoms with Gasteiger partial charge < -0.3 is 52.2 Å². The number of ether oxygens (including phenoxy) is 3. The van der Waals surface area contributed by atoms with Crippen molar-refractivity contribution in [3.63, 3.8) is 0 Å². The van der Waals surface area contributed by atoms with Crippen molar-refractivity contribution in [2.24, 2.45) is 0 Å². The second-order valence-corrected chi connectivity index (χ2v) is 39.7. The van der Waals surface area contributed by atoms with Gasteiger partial charge in [0.25, 0.3) is 0 Å². The van der Waals surface area contributed by atoms with Gasteiger partial charge in [0, 0.05) is 65.7 Å². The van der Waals surface area contributed by atoms with Crippen LogP contribution in [-0.2, 0) is 44.2 Å². The summed E-state index contributed by atoms with van der Waals surface area (Å²) in [6.45, 7) is 24.6. The lowest BCUT2D eigenvalue weighted by Crippen LogP contribution is -2.41.